The average Bonchev–Trinajstić information content (AvgIpc) is 3.35. The largest absolute Gasteiger partial charge is 0.366 e. The number of sulfone groups is 1. The normalized spacial score (nSPS) is 30.6. The Balaban J connectivity index is 1.09. The van der Waals surface area contributed by atoms with Gasteiger partial charge in [-0.3, -0.25) is 9.79 Å². The van der Waals surface area contributed by atoms with E-state index in [1.165, 1.54) is 0 Å². The molecule has 8 nitrogen and oxygen atoms in total. The molecule has 0 aromatic rings. The standard InChI is InChI=1S/C29H33BrClN5O3S/c30-24-19-34-36-27(16-26(35-29(24)36)23-8-4-5-9-25(23)31)32-17-20-10-12-21(13-11-20)18-33-28(37)14-15-40(38,39)22-6-2-1-3-7-22/h1-6,8-12,16,19,21-25,29,32H,7,13-15,17-18H2,(H,33,37). The van der Waals surface area contributed by atoms with Crippen LogP contribution in [0.15, 0.2) is 94.4 Å². The Morgan fingerprint density at radius 1 is 1.12 bits per heavy atom. The first kappa shape index (κ1) is 28.8. The Hall–Kier alpha value is -2.69. The van der Waals surface area contributed by atoms with Crippen molar-refractivity contribution in [2.75, 3.05) is 18.8 Å². The van der Waals surface area contributed by atoms with Gasteiger partial charge in [-0.1, -0.05) is 82.8 Å². The van der Waals surface area contributed by atoms with Crippen molar-refractivity contribution in [3.05, 3.63) is 84.3 Å². The number of allylic oxidation sites excluding steroid dienone is 9. The first-order valence-electron chi connectivity index (χ1n) is 13.5. The quantitative estimate of drug-likeness (QED) is 0.351. The number of hydrazone groups is 1. The maximum atomic E-state index is 12.5. The van der Waals surface area contributed by atoms with Gasteiger partial charge in [0.15, 0.2) is 16.0 Å². The predicted molar refractivity (Wildman–Crippen MR) is 165 cm³/mol. The van der Waals surface area contributed by atoms with Gasteiger partial charge in [-0.15, -0.1) is 11.6 Å². The van der Waals surface area contributed by atoms with E-state index in [9.17, 15) is 13.2 Å². The molecule has 2 N–H and O–H groups in total. The van der Waals surface area contributed by atoms with Gasteiger partial charge in [0.25, 0.3) is 0 Å². The number of nitrogens with one attached hydrogen (secondary N) is 2. The zero-order valence-electron chi connectivity index (χ0n) is 21.9. The lowest BCUT2D eigenvalue weighted by molar-refractivity contribution is -0.120. The maximum Gasteiger partial charge on any atom is 0.221 e. The van der Waals surface area contributed by atoms with Gasteiger partial charge in [0.2, 0.25) is 5.91 Å². The second-order valence-corrected chi connectivity index (χ2v) is 14.2. The van der Waals surface area contributed by atoms with Crippen LogP contribution < -0.4 is 10.6 Å². The lowest BCUT2D eigenvalue weighted by Gasteiger charge is -2.32. The molecule has 0 fully saturated rings. The third-order valence-electron chi connectivity index (χ3n) is 7.41. The van der Waals surface area contributed by atoms with Crippen LogP contribution >= 0.6 is 27.5 Å². The number of rotatable bonds is 10. The number of hydrogen-bond acceptors (Lipinski definition) is 7. The summed E-state index contributed by atoms with van der Waals surface area (Å²) in [5.41, 5.74) is 2.06. The van der Waals surface area contributed by atoms with Gasteiger partial charge in [-0.05, 0) is 24.3 Å². The van der Waals surface area contributed by atoms with E-state index < -0.39 is 15.1 Å². The van der Waals surface area contributed by atoms with E-state index in [1.54, 1.807) is 12.2 Å². The Kier molecular flexibility index (Phi) is 9.27. The van der Waals surface area contributed by atoms with Crippen LogP contribution in [-0.2, 0) is 14.6 Å². The van der Waals surface area contributed by atoms with Crippen LogP contribution in [-0.4, -0.2) is 71.7 Å². The van der Waals surface area contributed by atoms with Crippen molar-refractivity contribution in [2.45, 2.75) is 40.9 Å². The SMILES string of the molecule is O=C(CCS(=O)(=O)C1C=CC=CC1)NCC1C=CC(CNC2=CC(C3C=CC=CC3Cl)=NC3C(Br)C=NN23)=CC1. The average molecular weight is 647 g/mol. The van der Waals surface area contributed by atoms with Crippen LogP contribution in [0.3, 0.4) is 0 Å². The molecule has 212 valence electrons. The lowest BCUT2D eigenvalue weighted by Crippen LogP contribution is -2.41. The van der Waals surface area contributed by atoms with Gasteiger partial charge in [0.1, 0.15) is 5.82 Å². The van der Waals surface area contributed by atoms with Crippen molar-refractivity contribution < 1.29 is 13.2 Å². The highest BCUT2D eigenvalue weighted by atomic mass is 79.9. The molecule has 0 spiro atoms. The minimum atomic E-state index is -3.33. The fraction of sp³-hybridized carbons (Fsp3) is 0.414. The fourth-order valence-corrected chi connectivity index (χ4v) is 7.28. The number of carbonyl (C=O) groups excluding carboxylic acids is 1. The minimum absolute atomic E-state index is 0.00274. The Morgan fingerprint density at radius 2 is 1.95 bits per heavy atom. The Bertz CT molecular complexity index is 1380. The van der Waals surface area contributed by atoms with Crippen LogP contribution in [0.25, 0.3) is 0 Å². The number of fused-ring (bicyclic) bond motifs is 1. The summed E-state index contributed by atoms with van der Waals surface area (Å²) in [6, 6.07) is 0. The van der Waals surface area contributed by atoms with Crippen LogP contribution in [0.4, 0.5) is 0 Å². The molecule has 11 heteroatoms. The van der Waals surface area contributed by atoms with E-state index in [0.29, 0.717) is 19.5 Å². The zero-order chi connectivity index (χ0) is 28.1. The van der Waals surface area contributed by atoms with E-state index in [-0.39, 0.29) is 46.3 Å². The third-order valence-corrected chi connectivity index (χ3v) is 10.6. The lowest BCUT2D eigenvalue weighted by atomic mass is 9.93. The second-order valence-electron chi connectivity index (χ2n) is 10.3. The van der Waals surface area contributed by atoms with Crippen LogP contribution in [0.2, 0.25) is 0 Å². The molecule has 1 amide bonds. The summed E-state index contributed by atoms with van der Waals surface area (Å²) >= 11 is 10.2. The molecule has 0 bridgehead atoms. The predicted octanol–water partition coefficient (Wildman–Crippen LogP) is 3.92. The van der Waals surface area contributed by atoms with E-state index in [0.717, 1.165) is 23.5 Å². The molecule has 2 heterocycles. The summed E-state index contributed by atoms with van der Waals surface area (Å²) < 4.78 is 24.9. The third kappa shape index (κ3) is 6.95. The number of aliphatic imine (C=N–C) groups is 1. The van der Waals surface area contributed by atoms with Gasteiger partial charge in [0.05, 0.1) is 21.2 Å². The molecular weight excluding hydrogens is 614 g/mol. The van der Waals surface area contributed by atoms with Gasteiger partial charge >= 0.3 is 0 Å². The maximum absolute atomic E-state index is 12.5. The summed E-state index contributed by atoms with van der Waals surface area (Å²) in [6.07, 6.45) is 26.4. The van der Waals surface area contributed by atoms with Crippen LogP contribution in [0.5, 0.6) is 0 Å². The number of carbonyl (C=O) groups is 1. The first-order chi connectivity index (χ1) is 19.3. The van der Waals surface area contributed by atoms with Gasteiger partial charge in [0, 0.05) is 43.4 Å². The number of halogens is 2. The molecule has 3 aliphatic carbocycles. The van der Waals surface area contributed by atoms with Crippen molar-refractivity contribution in [3.8, 4) is 0 Å². The number of hydrogen-bond donors (Lipinski definition) is 2. The van der Waals surface area contributed by atoms with Crippen molar-refractivity contribution in [1.29, 1.82) is 0 Å². The molecule has 0 radical (unpaired) electrons. The summed E-state index contributed by atoms with van der Waals surface area (Å²) in [5, 5.41) is 12.1. The first-order valence-corrected chi connectivity index (χ1v) is 16.6. The zero-order valence-corrected chi connectivity index (χ0v) is 25.1. The second kappa shape index (κ2) is 12.9. The smallest absolute Gasteiger partial charge is 0.221 e. The van der Waals surface area contributed by atoms with Crippen molar-refractivity contribution in [2.24, 2.45) is 21.9 Å². The topological polar surface area (TPSA) is 103 Å². The monoisotopic (exact) mass is 645 g/mol. The summed E-state index contributed by atoms with van der Waals surface area (Å²) in [6.45, 7) is 1.09. The van der Waals surface area contributed by atoms with E-state index >= 15 is 0 Å². The molecule has 40 heavy (non-hydrogen) atoms. The summed E-state index contributed by atoms with van der Waals surface area (Å²) in [5.74, 6) is 0.656. The van der Waals surface area contributed by atoms with Crippen LogP contribution in [0.1, 0.15) is 19.3 Å². The molecule has 0 aromatic heterocycles. The summed E-state index contributed by atoms with van der Waals surface area (Å²) in [4.78, 5) is 17.3. The number of nitrogens with zero attached hydrogens (tertiary/aromatic N) is 3. The molecule has 5 aliphatic rings. The summed E-state index contributed by atoms with van der Waals surface area (Å²) in [7, 11) is -3.33. The van der Waals surface area contributed by atoms with Gasteiger partial charge in [-0.25, -0.2) is 13.4 Å². The molecular formula is C29H33BrClN5O3S. The van der Waals surface area contributed by atoms with Gasteiger partial charge in [-0.2, -0.15) is 5.10 Å². The van der Waals surface area contributed by atoms with E-state index in [1.807, 2.05) is 47.7 Å². The highest BCUT2D eigenvalue weighted by molar-refractivity contribution is 9.10. The van der Waals surface area contributed by atoms with E-state index in [2.05, 4.69) is 56.0 Å². The highest BCUT2D eigenvalue weighted by Gasteiger charge is 2.36. The number of alkyl halides is 2. The molecule has 6 unspecified atom stereocenters. The molecule has 0 aromatic carbocycles. The van der Waals surface area contributed by atoms with Crippen molar-refractivity contribution >= 4 is 55.2 Å². The van der Waals surface area contributed by atoms with Crippen LogP contribution in [0, 0.1) is 11.8 Å². The van der Waals surface area contributed by atoms with Crippen molar-refractivity contribution in [1.82, 2.24) is 15.6 Å². The molecule has 5 rings (SSSR count). The fourth-order valence-electron chi connectivity index (χ4n) is 5.03. The molecule has 0 saturated carbocycles. The van der Waals surface area contributed by atoms with E-state index in [4.69, 9.17) is 16.6 Å². The molecule has 0 saturated heterocycles. The molecule has 6 atom stereocenters. The molecule has 2 aliphatic heterocycles. The minimum Gasteiger partial charge on any atom is -0.366 e. The number of amides is 1. The van der Waals surface area contributed by atoms with Crippen molar-refractivity contribution in [3.63, 3.8) is 0 Å². The van der Waals surface area contributed by atoms with Gasteiger partial charge < -0.3 is 10.6 Å². The highest BCUT2D eigenvalue weighted by Crippen LogP contribution is 2.30. The Morgan fingerprint density at radius 3 is 2.70 bits per heavy atom. The Labute approximate surface area is 249 Å².